The smallest absolute Gasteiger partial charge is 0.206 e. The van der Waals surface area contributed by atoms with E-state index in [1.165, 1.54) is 54.6 Å². The lowest BCUT2D eigenvalue weighted by Crippen LogP contribution is -2.02. The van der Waals surface area contributed by atoms with Crippen LogP contribution in [0.15, 0.2) is 306 Å². The van der Waals surface area contributed by atoms with Gasteiger partial charge < -0.3 is 28.4 Å². The summed E-state index contributed by atoms with van der Waals surface area (Å²) in [7, 11) is -9.62. The Kier molecular flexibility index (Phi) is 20.9. The van der Waals surface area contributed by atoms with Crippen molar-refractivity contribution in [3.8, 4) is 51.7 Å². The first-order valence-electron chi connectivity index (χ1n) is 28.3. The first kappa shape index (κ1) is 65.5. The third-order valence-corrected chi connectivity index (χ3v) is 21.3. The standard InChI is InChI=1S/C27H24O4S.C26H22O6S2.C20H18O4S/c1-20-3-15-26(16-4-20)32(28,29)27-17-13-25(14-18-27)31-24-11-7-22(8-12-24)19-21-5-9-23(30-2)10-6-21;1-19-3-11-23(12-4-19)33(27,28)25-15-7-21(8-16-25)32-22-9-17-26(18-10-22)34(29,30)24-13-5-20(31-2)6-14-24;1-15-3-11-19(12-4-15)25(21,22)20-13-9-18(10-14-20)24-17-7-5-16(23-2)6-8-17/h3-18H,19H2,1-2H3;3-18H,1-2H3;3-14H,1-2H3. The second-order valence-corrected chi connectivity index (χ2v) is 28.5. The van der Waals surface area contributed by atoms with Crippen LogP contribution in [0.2, 0.25) is 0 Å². The molecule has 11 aromatic rings. The van der Waals surface area contributed by atoms with Gasteiger partial charge in [-0.05, 0) is 245 Å². The molecule has 0 aliphatic heterocycles. The van der Waals surface area contributed by atoms with Gasteiger partial charge >= 0.3 is 0 Å². The summed E-state index contributed by atoms with van der Waals surface area (Å²) in [4.78, 5) is 1.70. The summed E-state index contributed by atoms with van der Waals surface area (Å²) in [6, 6.07) is 74.5. The van der Waals surface area contributed by atoms with Crippen LogP contribution < -0.4 is 28.4 Å². The minimum Gasteiger partial charge on any atom is -0.497 e. The second-order valence-electron chi connectivity index (χ2n) is 20.7. The average molecular weight is 1290 g/mol. The lowest BCUT2D eigenvalue weighted by atomic mass is 10.0. The van der Waals surface area contributed by atoms with E-state index in [1.54, 1.807) is 196 Å². The van der Waals surface area contributed by atoms with Crippen molar-refractivity contribution in [2.24, 2.45) is 0 Å². The van der Waals surface area contributed by atoms with Gasteiger partial charge in [0.1, 0.15) is 51.7 Å². The Morgan fingerprint density at radius 1 is 0.209 bits per heavy atom. The molecule has 0 spiro atoms. The predicted molar refractivity (Wildman–Crippen MR) is 350 cm³/mol. The van der Waals surface area contributed by atoms with Crippen LogP contribution in [0.1, 0.15) is 27.8 Å². The van der Waals surface area contributed by atoms with Crippen LogP contribution in [0.5, 0.6) is 51.7 Å². The number of hydrogen-bond acceptors (Lipinski definition) is 14. The van der Waals surface area contributed by atoms with Crippen LogP contribution >= 0.6 is 0 Å². The molecule has 0 heterocycles. The van der Waals surface area contributed by atoms with Crippen molar-refractivity contribution in [1.29, 1.82) is 0 Å². The molecule has 0 atom stereocenters. The number of sulfone groups is 4. The van der Waals surface area contributed by atoms with Gasteiger partial charge in [-0.25, -0.2) is 33.7 Å². The fourth-order valence-corrected chi connectivity index (χ4v) is 13.9. The van der Waals surface area contributed by atoms with Gasteiger partial charge in [0.05, 0.1) is 60.5 Å². The Labute approximate surface area is 532 Å². The van der Waals surface area contributed by atoms with Crippen molar-refractivity contribution in [3.63, 3.8) is 0 Å². The predicted octanol–water partition coefficient (Wildman–Crippen LogP) is 16.3. The molecular formula is C73H64O14S4. The lowest BCUT2D eigenvalue weighted by Gasteiger charge is -2.09. The van der Waals surface area contributed by atoms with Crippen molar-refractivity contribution >= 4 is 39.3 Å². The van der Waals surface area contributed by atoms with Crippen molar-refractivity contribution < 1.29 is 62.1 Å². The van der Waals surface area contributed by atoms with Gasteiger partial charge in [-0.3, -0.25) is 0 Å². The number of aryl methyl sites for hydroxylation is 3. The van der Waals surface area contributed by atoms with Gasteiger partial charge in [0.15, 0.2) is 0 Å². The highest BCUT2D eigenvalue weighted by atomic mass is 32.2. The van der Waals surface area contributed by atoms with Crippen molar-refractivity contribution in [3.05, 3.63) is 295 Å². The molecule has 0 fully saturated rings. The van der Waals surface area contributed by atoms with Crippen LogP contribution in [-0.2, 0) is 45.8 Å². The van der Waals surface area contributed by atoms with Gasteiger partial charge in [-0.2, -0.15) is 0 Å². The Bertz CT molecular complexity index is 4670. The van der Waals surface area contributed by atoms with E-state index in [4.69, 9.17) is 28.4 Å². The summed E-state index contributed by atoms with van der Waals surface area (Å²) in [5.41, 5.74) is 5.38. The topological polar surface area (TPSA) is 192 Å². The Morgan fingerprint density at radius 3 is 0.549 bits per heavy atom. The van der Waals surface area contributed by atoms with Gasteiger partial charge in [-0.1, -0.05) is 77.4 Å². The van der Waals surface area contributed by atoms with Crippen LogP contribution in [0.25, 0.3) is 0 Å². The molecule has 18 heteroatoms. The Balaban J connectivity index is 0.000000163. The largest absolute Gasteiger partial charge is 0.497 e. The molecule has 14 nitrogen and oxygen atoms in total. The molecule has 0 unspecified atom stereocenters. The number of ether oxygens (including phenoxy) is 6. The quantitative estimate of drug-likeness (QED) is 0.0742. The lowest BCUT2D eigenvalue weighted by molar-refractivity contribution is 0.413. The number of benzene rings is 11. The molecule has 0 amide bonds. The summed E-state index contributed by atoms with van der Waals surface area (Å²) in [6.07, 6.45) is 0.815. The van der Waals surface area contributed by atoms with Crippen molar-refractivity contribution in [1.82, 2.24) is 0 Å². The van der Waals surface area contributed by atoms with E-state index in [9.17, 15) is 33.7 Å². The summed E-state index contributed by atoms with van der Waals surface area (Å²) in [5, 5.41) is 0. The highest BCUT2D eigenvalue weighted by Gasteiger charge is 2.22. The molecule has 464 valence electrons. The summed E-state index contributed by atoms with van der Waals surface area (Å²) in [6.45, 7) is 5.74. The average Bonchev–Trinajstić information content (AvgIpc) is 1.53. The van der Waals surface area contributed by atoms with Crippen molar-refractivity contribution in [2.75, 3.05) is 21.3 Å². The number of hydrogen-bond donors (Lipinski definition) is 0. The summed E-state index contributed by atoms with van der Waals surface area (Å²) in [5.74, 6) is 5.48. The van der Waals surface area contributed by atoms with Gasteiger partial charge in [0.2, 0.25) is 39.3 Å². The molecule has 91 heavy (non-hydrogen) atoms. The molecule has 0 saturated heterocycles. The zero-order valence-electron chi connectivity index (χ0n) is 50.5. The molecule has 0 N–H and O–H groups in total. The van der Waals surface area contributed by atoms with Crippen LogP contribution in [0, 0.1) is 20.8 Å². The van der Waals surface area contributed by atoms with E-state index in [-0.39, 0.29) is 39.2 Å². The molecule has 0 saturated carbocycles. The van der Waals surface area contributed by atoms with Crippen LogP contribution in [0.4, 0.5) is 0 Å². The van der Waals surface area contributed by atoms with Gasteiger partial charge in [0, 0.05) is 0 Å². The zero-order chi connectivity index (χ0) is 64.8. The maximum Gasteiger partial charge on any atom is 0.206 e. The fraction of sp³-hybridized carbons (Fsp3) is 0.0959. The molecular weight excluding hydrogens is 1230 g/mol. The first-order valence-corrected chi connectivity index (χ1v) is 34.2. The zero-order valence-corrected chi connectivity index (χ0v) is 53.7. The van der Waals surface area contributed by atoms with E-state index in [0.717, 1.165) is 34.6 Å². The van der Waals surface area contributed by atoms with Crippen LogP contribution in [-0.4, -0.2) is 55.0 Å². The van der Waals surface area contributed by atoms with Crippen molar-refractivity contribution in [2.45, 2.75) is 66.4 Å². The van der Waals surface area contributed by atoms with Gasteiger partial charge in [0.25, 0.3) is 0 Å². The fourth-order valence-electron chi connectivity index (χ4n) is 8.91. The highest BCUT2D eigenvalue weighted by molar-refractivity contribution is 7.92. The highest BCUT2D eigenvalue weighted by Crippen LogP contribution is 2.32. The summed E-state index contributed by atoms with van der Waals surface area (Å²) < 4.78 is 135. The third-order valence-electron chi connectivity index (χ3n) is 14.2. The van der Waals surface area contributed by atoms with E-state index >= 15 is 0 Å². The summed E-state index contributed by atoms with van der Waals surface area (Å²) >= 11 is 0. The molecule has 0 aromatic heterocycles. The normalized spacial score (nSPS) is 11.4. The maximum atomic E-state index is 12.8. The Hall–Kier alpha value is -9.98. The third kappa shape index (κ3) is 16.9. The molecule has 0 aliphatic carbocycles. The minimum atomic E-state index is -3.68. The number of rotatable bonds is 19. The maximum absolute atomic E-state index is 12.8. The first-order chi connectivity index (χ1) is 43.6. The Morgan fingerprint density at radius 2 is 0.352 bits per heavy atom. The SMILES string of the molecule is COc1ccc(Cc2ccc(Oc3ccc(S(=O)(=O)c4ccc(C)cc4)cc3)cc2)cc1.COc1ccc(Oc2ccc(S(=O)(=O)c3ccc(C)cc3)cc2)cc1.COc1ccc(S(=O)(=O)c2ccc(Oc3ccc(S(=O)(=O)c4ccc(C)cc4)cc3)cc2)cc1. The molecule has 0 bridgehead atoms. The van der Waals surface area contributed by atoms with E-state index in [1.807, 2.05) is 57.2 Å². The molecule has 11 rings (SSSR count). The minimum absolute atomic E-state index is 0.129. The molecule has 0 aliphatic rings. The monoisotopic (exact) mass is 1290 g/mol. The number of methoxy groups -OCH3 is 3. The van der Waals surface area contributed by atoms with E-state index in [0.29, 0.717) is 40.2 Å². The molecule has 0 radical (unpaired) electrons. The van der Waals surface area contributed by atoms with Gasteiger partial charge in [-0.15, -0.1) is 0 Å². The second kappa shape index (κ2) is 29.1. The van der Waals surface area contributed by atoms with Crippen LogP contribution in [0.3, 0.4) is 0 Å². The molecule has 11 aromatic carbocycles. The van der Waals surface area contributed by atoms with E-state index in [2.05, 4.69) is 12.1 Å². The van der Waals surface area contributed by atoms with E-state index < -0.39 is 39.3 Å².